The molecule has 1 aliphatic rings. The third kappa shape index (κ3) is 4.79. The molecule has 0 unspecified atom stereocenters. The van der Waals surface area contributed by atoms with Crippen LogP contribution in [0.25, 0.3) is 0 Å². The number of nitrogens with zero attached hydrogens (tertiary/aromatic N) is 3. The lowest BCUT2D eigenvalue weighted by Crippen LogP contribution is -2.40. The number of amides is 2. The van der Waals surface area contributed by atoms with Crippen LogP contribution in [-0.2, 0) is 16.0 Å². The van der Waals surface area contributed by atoms with Gasteiger partial charge in [0.25, 0.3) is 0 Å². The summed E-state index contributed by atoms with van der Waals surface area (Å²) in [6.45, 7) is 4.29. The molecule has 0 saturated heterocycles. The number of para-hydroxylation sites is 1. The first-order chi connectivity index (χ1) is 11.0. The minimum absolute atomic E-state index is 0.0266. The second kappa shape index (κ2) is 8.11. The predicted molar refractivity (Wildman–Crippen MR) is 92.5 cm³/mol. The maximum Gasteiger partial charge on any atom is 0.228 e. The Labute approximate surface area is 138 Å². The Kier molecular flexibility index (Phi) is 6.16. The summed E-state index contributed by atoms with van der Waals surface area (Å²) in [5.41, 5.74) is 2.27. The van der Waals surface area contributed by atoms with Crippen LogP contribution in [0, 0.1) is 0 Å². The standard InChI is InChI=1S/C18H27N3O2/c1-15(22)20(14-13-19(2)3)12-10-18(23)21-11-6-8-16-7-4-5-9-17(16)21/h4-5,7,9H,6,8,10-14H2,1-3H3. The van der Waals surface area contributed by atoms with E-state index in [4.69, 9.17) is 0 Å². The SMILES string of the molecule is CC(=O)N(CCC(=O)N1CCCc2ccccc21)CCN(C)C. The van der Waals surface area contributed by atoms with Gasteiger partial charge in [0.15, 0.2) is 0 Å². The third-order valence-electron chi connectivity index (χ3n) is 4.27. The quantitative estimate of drug-likeness (QED) is 0.803. The highest BCUT2D eigenvalue weighted by molar-refractivity contribution is 5.94. The summed E-state index contributed by atoms with van der Waals surface area (Å²) in [5, 5.41) is 0. The van der Waals surface area contributed by atoms with Gasteiger partial charge in [0.05, 0.1) is 0 Å². The minimum Gasteiger partial charge on any atom is -0.341 e. The lowest BCUT2D eigenvalue weighted by Gasteiger charge is -2.30. The largest absolute Gasteiger partial charge is 0.341 e. The number of rotatable bonds is 6. The van der Waals surface area contributed by atoms with E-state index in [1.165, 1.54) is 5.56 Å². The Morgan fingerprint density at radius 2 is 1.87 bits per heavy atom. The number of likely N-dealkylation sites (N-methyl/N-ethyl adjacent to an activating group) is 1. The summed E-state index contributed by atoms with van der Waals surface area (Å²) in [4.78, 5) is 30.0. The predicted octanol–water partition coefficient (Wildman–Crippen LogP) is 1.77. The van der Waals surface area contributed by atoms with Gasteiger partial charge in [-0.1, -0.05) is 18.2 Å². The van der Waals surface area contributed by atoms with Crippen molar-refractivity contribution in [3.05, 3.63) is 29.8 Å². The van der Waals surface area contributed by atoms with E-state index in [-0.39, 0.29) is 11.8 Å². The molecule has 0 aliphatic carbocycles. The zero-order valence-corrected chi connectivity index (χ0v) is 14.4. The Balaban J connectivity index is 1.95. The molecule has 23 heavy (non-hydrogen) atoms. The van der Waals surface area contributed by atoms with Crippen LogP contribution in [-0.4, -0.2) is 61.9 Å². The first-order valence-corrected chi connectivity index (χ1v) is 8.27. The average Bonchev–Trinajstić information content (AvgIpc) is 2.53. The number of aryl methyl sites for hydroxylation is 1. The number of fused-ring (bicyclic) bond motifs is 1. The van der Waals surface area contributed by atoms with E-state index in [0.29, 0.717) is 19.5 Å². The molecule has 1 aliphatic heterocycles. The molecule has 126 valence electrons. The molecule has 0 atom stereocenters. The van der Waals surface area contributed by atoms with E-state index in [9.17, 15) is 9.59 Å². The van der Waals surface area contributed by atoms with Crippen molar-refractivity contribution < 1.29 is 9.59 Å². The zero-order valence-electron chi connectivity index (χ0n) is 14.4. The van der Waals surface area contributed by atoms with Crippen molar-refractivity contribution in [2.75, 3.05) is 45.2 Å². The van der Waals surface area contributed by atoms with Crippen molar-refractivity contribution in [3.8, 4) is 0 Å². The first kappa shape index (κ1) is 17.5. The van der Waals surface area contributed by atoms with Gasteiger partial charge in [-0.15, -0.1) is 0 Å². The summed E-state index contributed by atoms with van der Waals surface area (Å²) in [6, 6.07) is 8.10. The zero-order chi connectivity index (χ0) is 16.8. The van der Waals surface area contributed by atoms with Crippen molar-refractivity contribution in [1.29, 1.82) is 0 Å². The Morgan fingerprint density at radius 1 is 1.13 bits per heavy atom. The van der Waals surface area contributed by atoms with Gasteiger partial charge >= 0.3 is 0 Å². The van der Waals surface area contributed by atoms with Gasteiger partial charge in [0, 0.05) is 45.2 Å². The second-order valence-corrected chi connectivity index (χ2v) is 6.34. The second-order valence-electron chi connectivity index (χ2n) is 6.34. The number of hydrogen-bond acceptors (Lipinski definition) is 3. The summed E-state index contributed by atoms with van der Waals surface area (Å²) in [5.74, 6) is 0.131. The molecule has 1 aromatic rings. The molecule has 1 aromatic carbocycles. The molecule has 0 radical (unpaired) electrons. The molecule has 1 heterocycles. The van der Waals surface area contributed by atoms with Crippen LogP contribution in [0.4, 0.5) is 5.69 Å². The number of carbonyl (C=O) groups is 2. The van der Waals surface area contributed by atoms with Crippen molar-refractivity contribution in [2.24, 2.45) is 0 Å². The number of hydrogen-bond donors (Lipinski definition) is 0. The first-order valence-electron chi connectivity index (χ1n) is 8.27. The molecule has 0 N–H and O–H groups in total. The fourth-order valence-electron chi connectivity index (χ4n) is 2.91. The van der Waals surface area contributed by atoms with E-state index in [2.05, 4.69) is 6.07 Å². The molecule has 0 fully saturated rings. The van der Waals surface area contributed by atoms with Crippen LogP contribution in [0.15, 0.2) is 24.3 Å². The molecule has 5 nitrogen and oxygen atoms in total. The van der Waals surface area contributed by atoms with Crippen LogP contribution in [0.5, 0.6) is 0 Å². The van der Waals surface area contributed by atoms with Crippen LogP contribution in [0.1, 0.15) is 25.3 Å². The smallest absolute Gasteiger partial charge is 0.228 e. The third-order valence-corrected chi connectivity index (χ3v) is 4.27. The lowest BCUT2D eigenvalue weighted by atomic mass is 10.0. The molecule has 5 heteroatoms. The van der Waals surface area contributed by atoms with Gasteiger partial charge in [-0.3, -0.25) is 9.59 Å². The minimum atomic E-state index is 0.0266. The van der Waals surface area contributed by atoms with E-state index in [1.54, 1.807) is 11.8 Å². The van der Waals surface area contributed by atoms with Gasteiger partial charge in [0.2, 0.25) is 11.8 Å². The van der Waals surface area contributed by atoms with Crippen molar-refractivity contribution >= 4 is 17.5 Å². The monoisotopic (exact) mass is 317 g/mol. The van der Waals surface area contributed by atoms with Crippen molar-refractivity contribution in [3.63, 3.8) is 0 Å². The van der Waals surface area contributed by atoms with E-state index >= 15 is 0 Å². The molecule has 2 rings (SSSR count). The Bertz CT molecular complexity index is 557. The highest BCUT2D eigenvalue weighted by Crippen LogP contribution is 2.27. The van der Waals surface area contributed by atoms with E-state index in [1.807, 2.05) is 42.1 Å². The number of benzene rings is 1. The molecular formula is C18H27N3O2. The van der Waals surface area contributed by atoms with Crippen molar-refractivity contribution in [2.45, 2.75) is 26.2 Å². The summed E-state index contributed by atoms with van der Waals surface area (Å²) < 4.78 is 0. The Morgan fingerprint density at radius 3 is 2.57 bits per heavy atom. The molecule has 0 saturated carbocycles. The summed E-state index contributed by atoms with van der Waals surface area (Å²) in [7, 11) is 3.96. The molecule has 0 spiro atoms. The van der Waals surface area contributed by atoms with Gasteiger partial charge < -0.3 is 14.7 Å². The van der Waals surface area contributed by atoms with Crippen molar-refractivity contribution in [1.82, 2.24) is 9.80 Å². The van der Waals surface area contributed by atoms with E-state index in [0.717, 1.165) is 31.6 Å². The summed E-state index contributed by atoms with van der Waals surface area (Å²) in [6.07, 6.45) is 2.41. The van der Waals surface area contributed by atoms with Gasteiger partial charge in [0.1, 0.15) is 0 Å². The normalized spacial score (nSPS) is 13.8. The molecular weight excluding hydrogens is 290 g/mol. The molecule has 0 aromatic heterocycles. The highest BCUT2D eigenvalue weighted by Gasteiger charge is 2.22. The van der Waals surface area contributed by atoms with Gasteiger partial charge in [-0.2, -0.15) is 0 Å². The fourth-order valence-corrected chi connectivity index (χ4v) is 2.91. The number of carbonyl (C=O) groups excluding carboxylic acids is 2. The van der Waals surface area contributed by atoms with E-state index < -0.39 is 0 Å². The topological polar surface area (TPSA) is 43.9 Å². The average molecular weight is 317 g/mol. The molecule has 0 bridgehead atoms. The van der Waals surface area contributed by atoms with Crippen LogP contribution in [0.3, 0.4) is 0 Å². The number of anilines is 1. The maximum absolute atomic E-state index is 12.6. The van der Waals surface area contributed by atoms with Crippen LogP contribution < -0.4 is 4.90 Å². The fraction of sp³-hybridized carbons (Fsp3) is 0.556. The van der Waals surface area contributed by atoms with Gasteiger partial charge in [-0.05, 0) is 38.6 Å². The maximum atomic E-state index is 12.6. The highest BCUT2D eigenvalue weighted by atomic mass is 16.2. The Hall–Kier alpha value is -1.88. The van der Waals surface area contributed by atoms with Crippen LogP contribution >= 0.6 is 0 Å². The van der Waals surface area contributed by atoms with Crippen LogP contribution in [0.2, 0.25) is 0 Å². The lowest BCUT2D eigenvalue weighted by molar-refractivity contribution is -0.129. The summed E-state index contributed by atoms with van der Waals surface area (Å²) >= 11 is 0. The van der Waals surface area contributed by atoms with Gasteiger partial charge in [-0.25, -0.2) is 0 Å². The molecule has 2 amide bonds.